The first-order valence-corrected chi connectivity index (χ1v) is 10.9. The quantitative estimate of drug-likeness (QED) is 0.302. The monoisotopic (exact) mass is 435 g/mol. The predicted octanol–water partition coefficient (Wildman–Crippen LogP) is 7.12. The zero-order chi connectivity index (χ0) is 22.9. The number of benzene rings is 4. The molecule has 0 saturated heterocycles. The normalized spacial score (nSPS) is 11.8. The third kappa shape index (κ3) is 3.85. The van der Waals surface area contributed by atoms with Crippen molar-refractivity contribution in [2.75, 3.05) is 14.2 Å². The lowest BCUT2D eigenvalue weighted by Gasteiger charge is -2.11. The van der Waals surface area contributed by atoms with E-state index in [1.807, 2.05) is 42.5 Å². The van der Waals surface area contributed by atoms with Crippen LogP contribution in [0.2, 0.25) is 0 Å². The number of aryl methyl sites for hydroxylation is 2. The Morgan fingerprint density at radius 2 is 1.55 bits per heavy atom. The van der Waals surface area contributed by atoms with Crippen LogP contribution >= 0.6 is 0 Å². The minimum atomic E-state index is 0.651. The van der Waals surface area contributed by atoms with Crippen molar-refractivity contribution in [2.24, 2.45) is 4.99 Å². The highest BCUT2D eigenvalue weighted by atomic mass is 16.5. The molecular weight excluding hydrogens is 410 g/mol. The van der Waals surface area contributed by atoms with Gasteiger partial charge in [-0.25, -0.2) is 4.99 Å². The molecule has 4 heteroatoms. The van der Waals surface area contributed by atoms with Crippen LogP contribution in [0.1, 0.15) is 11.1 Å². The topological polar surface area (TPSA) is 44.0 Å². The Hall–Kier alpha value is -4.05. The first kappa shape index (κ1) is 20.8. The summed E-state index contributed by atoms with van der Waals surface area (Å²) in [5, 5.41) is 4.16. The van der Waals surface area contributed by atoms with Crippen molar-refractivity contribution in [3.8, 4) is 22.8 Å². The SMILES string of the molecule is COc1ccc(-c2cc(=Nc3cccc4ccccc34)c3c(C)cc(C)cc3o2)cc1OC. The molecule has 1 aromatic heterocycles. The molecule has 33 heavy (non-hydrogen) atoms. The summed E-state index contributed by atoms with van der Waals surface area (Å²) in [5.74, 6) is 2.04. The van der Waals surface area contributed by atoms with Crippen molar-refractivity contribution in [2.45, 2.75) is 13.8 Å². The van der Waals surface area contributed by atoms with Crippen LogP contribution in [-0.4, -0.2) is 14.2 Å². The third-order valence-electron chi connectivity index (χ3n) is 5.86. The van der Waals surface area contributed by atoms with Crippen LogP contribution < -0.4 is 14.8 Å². The van der Waals surface area contributed by atoms with Gasteiger partial charge >= 0.3 is 0 Å². The van der Waals surface area contributed by atoms with Gasteiger partial charge in [0, 0.05) is 22.4 Å². The number of hydrogen-bond acceptors (Lipinski definition) is 4. The summed E-state index contributed by atoms with van der Waals surface area (Å²) >= 11 is 0. The lowest BCUT2D eigenvalue weighted by atomic mass is 10.0. The number of nitrogens with zero attached hydrogens (tertiary/aromatic N) is 1. The summed E-state index contributed by atoms with van der Waals surface area (Å²) in [7, 11) is 3.26. The number of ether oxygens (including phenoxy) is 2. The standard InChI is InChI=1S/C29H25NO3/c1-18-14-19(2)29-24(30-23-11-7-9-20-8-5-6-10-22(20)23)17-26(33-28(29)15-18)21-12-13-25(31-3)27(16-21)32-4/h5-17H,1-4H3. The van der Waals surface area contributed by atoms with Crippen LogP contribution in [-0.2, 0) is 0 Å². The van der Waals surface area contributed by atoms with Gasteiger partial charge in [-0.3, -0.25) is 0 Å². The number of rotatable bonds is 4. The molecule has 0 spiro atoms. The molecule has 0 N–H and O–H groups in total. The Bertz CT molecular complexity index is 1560. The molecule has 5 rings (SSSR count). The van der Waals surface area contributed by atoms with Gasteiger partial charge in [-0.15, -0.1) is 0 Å². The number of hydrogen-bond donors (Lipinski definition) is 0. The van der Waals surface area contributed by atoms with Crippen molar-refractivity contribution >= 4 is 27.4 Å². The van der Waals surface area contributed by atoms with E-state index in [-0.39, 0.29) is 0 Å². The van der Waals surface area contributed by atoms with E-state index in [4.69, 9.17) is 18.9 Å². The average molecular weight is 436 g/mol. The molecule has 4 nitrogen and oxygen atoms in total. The van der Waals surface area contributed by atoms with Crippen LogP contribution in [0.15, 0.2) is 88.3 Å². The van der Waals surface area contributed by atoms with Crippen molar-refractivity contribution in [3.63, 3.8) is 0 Å². The molecule has 0 saturated carbocycles. The zero-order valence-corrected chi connectivity index (χ0v) is 19.2. The summed E-state index contributed by atoms with van der Waals surface area (Å²) in [6, 6.07) is 26.5. The Kier molecular flexibility index (Phi) is 5.35. The molecule has 164 valence electrons. The summed E-state index contributed by atoms with van der Waals surface area (Å²) in [4.78, 5) is 5.13. The lowest BCUT2D eigenvalue weighted by Crippen LogP contribution is -2.05. The Labute approximate surface area is 192 Å². The van der Waals surface area contributed by atoms with E-state index in [0.717, 1.165) is 49.5 Å². The van der Waals surface area contributed by atoms with Gasteiger partial charge in [-0.1, -0.05) is 42.5 Å². The molecule has 0 atom stereocenters. The predicted molar refractivity (Wildman–Crippen MR) is 133 cm³/mol. The number of methoxy groups -OCH3 is 2. The maximum Gasteiger partial charge on any atom is 0.161 e. The van der Waals surface area contributed by atoms with E-state index < -0.39 is 0 Å². The second-order valence-corrected chi connectivity index (χ2v) is 8.13. The van der Waals surface area contributed by atoms with Crippen molar-refractivity contribution in [1.82, 2.24) is 0 Å². The Morgan fingerprint density at radius 1 is 0.758 bits per heavy atom. The van der Waals surface area contributed by atoms with Crippen molar-refractivity contribution < 1.29 is 13.9 Å². The molecule has 0 amide bonds. The van der Waals surface area contributed by atoms with Gasteiger partial charge in [0.2, 0.25) is 0 Å². The van der Waals surface area contributed by atoms with Gasteiger partial charge in [0.1, 0.15) is 11.3 Å². The summed E-state index contributed by atoms with van der Waals surface area (Å²) in [6.45, 7) is 4.18. The summed E-state index contributed by atoms with van der Waals surface area (Å²) < 4.78 is 17.3. The Balaban J connectivity index is 1.82. The van der Waals surface area contributed by atoms with Crippen LogP contribution in [0.4, 0.5) is 5.69 Å². The molecule has 0 aliphatic heterocycles. The highest BCUT2D eigenvalue weighted by Crippen LogP contribution is 2.33. The van der Waals surface area contributed by atoms with Gasteiger partial charge in [0.05, 0.1) is 25.3 Å². The molecule has 0 unspecified atom stereocenters. The second kappa shape index (κ2) is 8.47. The maximum absolute atomic E-state index is 6.39. The van der Waals surface area contributed by atoms with Crippen LogP contribution in [0.25, 0.3) is 33.1 Å². The van der Waals surface area contributed by atoms with Gasteiger partial charge < -0.3 is 13.9 Å². The molecule has 0 aliphatic carbocycles. The summed E-state index contributed by atoms with van der Waals surface area (Å²) in [5.41, 5.74) is 4.90. The highest BCUT2D eigenvalue weighted by molar-refractivity contribution is 5.92. The third-order valence-corrected chi connectivity index (χ3v) is 5.86. The van der Waals surface area contributed by atoms with E-state index in [1.165, 1.54) is 0 Å². The highest BCUT2D eigenvalue weighted by Gasteiger charge is 2.12. The molecule has 0 fully saturated rings. The minimum Gasteiger partial charge on any atom is -0.493 e. The van der Waals surface area contributed by atoms with E-state index in [2.05, 4.69) is 50.2 Å². The molecule has 0 radical (unpaired) electrons. The fraction of sp³-hybridized carbons (Fsp3) is 0.138. The van der Waals surface area contributed by atoms with Gasteiger partial charge in [-0.05, 0) is 60.7 Å². The first-order valence-electron chi connectivity index (χ1n) is 10.9. The molecule has 4 aromatic carbocycles. The summed E-state index contributed by atoms with van der Waals surface area (Å²) in [6.07, 6.45) is 0. The van der Waals surface area contributed by atoms with Crippen LogP contribution in [0.5, 0.6) is 11.5 Å². The number of fused-ring (bicyclic) bond motifs is 2. The minimum absolute atomic E-state index is 0.651. The molecule has 0 bridgehead atoms. The Morgan fingerprint density at radius 3 is 2.36 bits per heavy atom. The fourth-order valence-corrected chi connectivity index (χ4v) is 4.34. The molecule has 1 heterocycles. The maximum atomic E-state index is 6.39. The largest absolute Gasteiger partial charge is 0.493 e. The van der Waals surface area contributed by atoms with E-state index in [9.17, 15) is 0 Å². The van der Waals surface area contributed by atoms with Crippen molar-refractivity contribution in [3.05, 3.63) is 95.3 Å². The lowest BCUT2D eigenvalue weighted by molar-refractivity contribution is 0.355. The second-order valence-electron chi connectivity index (χ2n) is 8.13. The van der Waals surface area contributed by atoms with Crippen LogP contribution in [0.3, 0.4) is 0 Å². The smallest absolute Gasteiger partial charge is 0.161 e. The van der Waals surface area contributed by atoms with Gasteiger partial charge in [0.25, 0.3) is 0 Å². The van der Waals surface area contributed by atoms with Gasteiger partial charge in [0.15, 0.2) is 11.5 Å². The van der Waals surface area contributed by atoms with E-state index in [0.29, 0.717) is 17.3 Å². The first-order chi connectivity index (χ1) is 16.1. The molecular formula is C29H25NO3. The van der Waals surface area contributed by atoms with Gasteiger partial charge in [-0.2, -0.15) is 0 Å². The van der Waals surface area contributed by atoms with E-state index >= 15 is 0 Å². The molecule has 0 aliphatic rings. The average Bonchev–Trinajstić information content (AvgIpc) is 2.83. The van der Waals surface area contributed by atoms with Crippen molar-refractivity contribution in [1.29, 1.82) is 0 Å². The fourth-order valence-electron chi connectivity index (χ4n) is 4.34. The zero-order valence-electron chi connectivity index (χ0n) is 19.2. The van der Waals surface area contributed by atoms with E-state index in [1.54, 1.807) is 14.2 Å². The van der Waals surface area contributed by atoms with Crippen LogP contribution in [0, 0.1) is 13.8 Å². The molecule has 5 aromatic rings.